The molecule has 2 nitrogen and oxygen atoms in total. The molecule has 0 aromatic rings. The minimum Gasteiger partial charge on any atom is -0.288 e. The lowest BCUT2D eigenvalue weighted by Crippen LogP contribution is -2.16. The lowest BCUT2D eigenvalue weighted by Gasteiger charge is -1.83. The highest BCUT2D eigenvalue weighted by molar-refractivity contribution is 6.38. The maximum absolute atomic E-state index is 11.1. The van der Waals surface area contributed by atoms with Crippen molar-refractivity contribution in [3.8, 4) is 0 Å². The SMILES string of the molecule is O=C(CF)C(=O)CF. The second-order valence-electron chi connectivity index (χ2n) is 1.11. The van der Waals surface area contributed by atoms with E-state index in [2.05, 4.69) is 0 Å². The van der Waals surface area contributed by atoms with Gasteiger partial charge in [-0.05, 0) is 0 Å². The molecule has 0 aliphatic heterocycles. The van der Waals surface area contributed by atoms with Gasteiger partial charge >= 0.3 is 0 Å². The van der Waals surface area contributed by atoms with E-state index in [-0.39, 0.29) is 0 Å². The summed E-state index contributed by atoms with van der Waals surface area (Å²) in [6.07, 6.45) is 0. The molecule has 0 amide bonds. The maximum Gasteiger partial charge on any atom is 0.232 e. The first-order chi connectivity index (χ1) is 3.72. The molecule has 46 valence electrons. The summed E-state index contributed by atoms with van der Waals surface area (Å²) in [5, 5.41) is 0. The quantitative estimate of drug-likeness (QED) is 0.496. The minimum atomic E-state index is -1.40. The van der Waals surface area contributed by atoms with Gasteiger partial charge in [0.15, 0.2) is 13.3 Å². The van der Waals surface area contributed by atoms with Crippen LogP contribution in [0, 0.1) is 0 Å². The van der Waals surface area contributed by atoms with Crippen LogP contribution in [-0.2, 0) is 9.59 Å². The zero-order valence-electron chi connectivity index (χ0n) is 3.99. The maximum atomic E-state index is 11.1. The van der Waals surface area contributed by atoms with Crippen LogP contribution >= 0.6 is 0 Å². The van der Waals surface area contributed by atoms with Crippen LogP contribution in [0.4, 0.5) is 8.78 Å². The van der Waals surface area contributed by atoms with E-state index in [9.17, 15) is 18.4 Å². The number of rotatable bonds is 3. The Bertz CT molecular complexity index is 96.6. The van der Waals surface area contributed by atoms with Crippen molar-refractivity contribution in [2.75, 3.05) is 13.3 Å². The Balaban J connectivity index is 3.64. The van der Waals surface area contributed by atoms with Gasteiger partial charge in [-0.3, -0.25) is 9.59 Å². The third-order valence-electron chi connectivity index (χ3n) is 0.554. The first-order valence-corrected chi connectivity index (χ1v) is 1.90. The van der Waals surface area contributed by atoms with Crippen molar-refractivity contribution in [3.05, 3.63) is 0 Å². The van der Waals surface area contributed by atoms with Gasteiger partial charge in [-0.2, -0.15) is 0 Å². The summed E-state index contributed by atoms with van der Waals surface area (Å²) in [6, 6.07) is 0. The fraction of sp³-hybridized carbons (Fsp3) is 0.500. The van der Waals surface area contributed by atoms with Crippen molar-refractivity contribution < 1.29 is 18.4 Å². The van der Waals surface area contributed by atoms with Gasteiger partial charge in [0.2, 0.25) is 11.6 Å². The van der Waals surface area contributed by atoms with Crippen LogP contribution in [0.1, 0.15) is 0 Å². The third-order valence-corrected chi connectivity index (χ3v) is 0.554. The van der Waals surface area contributed by atoms with Gasteiger partial charge in [0.1, 0.15) is 0 Å². The van der Waals surface area contributed by atoms with E-state index < -0.39 is 24.9 Å². The molecule has 0 radical (unpaired) electrons. The summed E-state index contributed by atoms with van der Waals surface area (Å²) < 4.78 is 22.2. The van der Waals surface area contributed by atoms with Gasteiger partial charge in [0, 0.05) is 0 Å². The zero-order chi connectivity index (χ0) is 6.57. The zero-order valence-corrected chi connectivity index (χ0v) is 3.99. The second-order valence-corrected chi connectivity index (χ2v) is 1.11. The highest BCUT2D eigenvalue weighted by Gasteiger charge is 2.10. The second kappa shape index (κ2) is 3.23. The van der Waals surface area contributed by atoms with Crippen molar-refractivity contribution in [1.29, 1.82) is 0 Å². The lowest BCUT2D eigenvalue weighted by molar-refractivity contribution is -0.137. The van der Waals surface area contributed by atoms with E-state index in [1.54, 1.807) is 0 Å². The molecule has 0 atom stereocenters. The molecule has 0 saturated carbocycles. The molecule has 0 aromatic heterocycles. The number of carbonyl (C=O) groups excluding carboxylic acids is 2. The van der Waals surface area contributed by atoms with Crippen LogP contribution in [0.15, 0.2) is 0 Å². The van der Waals surface area contributed by atoms with Crippen molar-refractivity contribution in [2.24, 2.45) is 0 Å². The standard InChI is InChI=1S/C4H4F2O2/c5-1-3(7)4(8)2-6/h1-2H2. The number of Topliss-reactive ketones (excluding diaryl/α,β-unsaturated/α-hetero) is 2. The fourth-order valence-electron chi connectivity index (χ4n) is 0.149. The Morgan fingerprint density at radius 2 is 1.25 bits per heavy atom. The number of carbonyl (C=O) groups is 2. The Morgan fingerprint density at radius 3 is 1.38 bits per heavy atom. The van der Waals surface area contributed by atoms with Gasteiger partial charge in [0.25, 0.3) is 0 Å². The van der Waals surface area contributed by atoms with Crippen LogP contribution in [0.2, 0.25) is 0 Å². The molecular weight excluding hydrogens is 118 g/mol. The molecule has 0 aliphatic carbocycles. The molecule has 0 aliphatic rings. The highest BCUT2D eigenvalue weighted by atomic mass is 19.1. The Hall–Kier alpha value is -0.800. The summed E-state index contributed by atoms with van der Waals surface area (Å²) >= 11 is 0. The first kappa shape index (κ1) is 7.20. The molecule has 0 bridgehead atoms. The van der Waals surface area contributed by atoms with E-state index in [0.717, 1.165) is 0 Å². The predicted molar refractivity (Wildman–Crippen MR) is 22.0 cm³/mol. The molecule has 0 N–H and O–H groups in total. The summed E-state index contributed by atoms with van der Waals surface area (Å²) in [6.45, 7) is -2.80. The highest BCUT2D eigenvalue weighted by Crippen LogP contribution is 1.78. The molecule has 0 unspecified atom stereocenters. The number of hydrogen-bond acceptors (Lipinski definition) is 2. The summed E-state index contributed by atoms with van der Waals surface area (Å²) in [7, 11) is 0. The predicted octanol–water partition coefficient (Wildman–Crippen LogP) is 0.0636. The van der Waals surface area contributed by atoms with E-state index in [1.165, 1.54) is 0 Å². The van der Waals surface area contributed by atoms with Crippen LogP contribution in [0.25, 0.3) is 0 Å². The van der Waals surface area contributed by atoms with E-state index in [4.69, 9.17) is 0 Å². The van der Waals surface area contributed by atoms with Crippen LogP contribution < -0.4 is 0 Å². The number of alkyl halides is 2. The minimum absolute atomic E-state index is 1.30. The molecule has 0 aromatic carbocycles. The lowest BCUT2D eigenvalue weighted by atomic mass is 10.3. The summed E-state index contributed by atoms with van der Waals surface area (Å²) in [5.41, 5.74) is 0. The van der Waals surface area contributed by atoms with Gasteiger partial charge in [-0.25, -0.2) is 8.78 Å². The average Bonchev–Trinajstić information content (AvgIpc) is 1.84. The average molecular weight is 122 g/mol. The number of halogens is 2. The Labute approximate surface area is 44.5 Å². The largest absolute Gasteiger partial charge is 0.288 e. The molecule has 0 spiro atoms. The summed E-state index contributed by atoms with van der Waals surface area (Å²) in [5.74, 6) is -2.60. The first-order valence-electron chi connectivity index (χ1n) is 1.90. The third kappa shape index (κ3) is 1.77. The van der Waals surface area contributed by atoms with Crippen molar-refractivity contribution in [2.45, 2.75) is 0 Å². The topological polar surface area (TPSA) is 34.1 Å². The van der Waals surface area contributed by atoms with Crippen LogP contribution in [-0.4, -0.2) is 24.9 Å². The molecule has 0 saturated heterocycles. The van der Waals surface area contributed by atoms with Crippen LogP contribution in [0.3, 0.4) is 0 Å². The van der Waals surface area contributed by atoms with E-state index in [0.29, 0.717) is 0 Å². The van der Waals surface area contributed by atoms with Gasteiger partial charge in [-0.1, -0.05) is 0 Å². The molecule has 8 heavy (non-hydrogen) atoms. The monoisotopic (exact) mass is 122 g/mol. The molecule has 0 rings (SSSR count). The van der Waals surface area contributed by atoms with Crippen molar-refractivity contribution >= 4 is 11.6 Å². The van der Waals surface area contributed by atoms with Crippen molar-refractivity contribution in [3.63, 3.8) is 0 Å². The summed E-state index contributed by atoms with van der Waals surface area (Å²) in [4.78, 5) is 19.6. The van der Waals surface area contributed by atoms with E-state index >= 15 is 0 Å². The Morgan fingerprint density at radius 1 is 1.00 bits per heavy atom. The fourth-order valence-corrected chi connectivity index (χ4v) is 0.149. The van der Waals surface area contributed by atoms with Crippen LogP contribution in [0.5, 0.6) is 0 Å². The normalized spacial score (nSPS) is 8.75. The Kier molecular flexibility index (Phi) is 2.91. The number of ketones is 2. The number of hydrogen-bond donors (Lipinski definition) is 0. The molecule has 4 heteroatoms. The van der Waals surface area contributed by atoms with Gasteiger partial charge in [-0.15, -0.1) is 0 Å². The van der Waals surface area contributed by atoms with Gasteiger partial charge in [0.05, 0.1) is 0 Å². The van der Waals surface area contributed by atoms with Crippen molar-refractivity contribution in [1.82, 2.24) is 0 Å². The molecular formula is C4H4F2O2. The smallest absolute Gasteiger partial charge is 0.232 e. The molecule has 0 heterocycles. The van der Waals surface area contributed by atoms with E-state index in [1.807, 2.05) is 0 Å². The molecule has 0 fully saturated rings. The van der Waals surface area contributed by atoms with Gasteiger partial charge < -0.3 is 0 Å².